The molecule has 0 unspecified atom stereocenters. The van der Waals surface area contributed by atoms with Crippen molar-refractivity contribution >= 4 is 46.9 Å². The summed E-state index contributed by atoms with van der Waals surface area (Å²) in [7, 11) is 0. The molecular formula is C22H15Cl2N3O. The van der Waals surface area contributed by atoms with Crippen LogP contribution in [0.3, 0.4) is 0 Å². The Bertz CT molecular complexity index is 1080. The number of fused-ring (bicyclic) bond motifs is 2. The van der Waals surface area contributed by atoms with Crippen molar-refractivity contribution in [2.24, 2.45) is 9.98 Å². The van der Waals surface area contributed by atoms with E-state index in [-0.39, 0.29) is 5.91 Å². The van der Waals surface area contributed by atoms with Gasteiger partial charge in [-0.3, -0.25) is 4.79 Å². The normalized spacial score (nSPS) is 17.1. The molecule has 2 aliphatic heterocycles. The number of rotatable bonds is 2. The predicted octanol–water partition coefficient (Wildman–Crippen LogP) is 5.19. The van der Waals surface area contributed by atoms with Gasteiger partial charge in [0.25, 0.3) is 5.91 Å². The van der Waals surface area contributed by atoms with Gasteiger partial charge in [0.05, 0.1) is 5.03 Å². The summed E-state index contributed by atoms with van der Waals surface area (Å²) in [5.41, 5.74) is 2.72. The smallest absolute Gasteiger partial charge is 0.271 e. The standard InChI is InChI=1S/C22H15Cl2N3O/c23-17-8-5-15(6-9-17)7-12-21(28)26-22-19-4-2-1-3-16(19)13-27-14-18(24)10-11-20(27)25-22/h1-12,14H,13H2. The van der Waals surface area contributed by atoms with E-state index in [0.717, 1.165) is 16.7 Å². The van der Waals surface area contributed by atoms with Crippen molar-refractivity contribution in [2.75, 3.05) is 0 Å². The monoisotopic (exact) mass is 407 g/mol. The molecule has 0 radical (unpaired) electrons. The maximum Gasteiger partial charge on any atom is 0.271 e. The minimum atomic E-state index is -0.383. The predicted molar refractivity (Wildman–Crippen MR) is 115 cm³/mol. The van der Waals surface area contributed by atoms with Crippen LogP contribution in [0.15, 0.2) is 88.0 Å². The average Bonchev–Trinajstić information content (AvgIpc) is 2.84. The van der Waals surface area contributed by atoms with Gasteiger partial charge in [0.1, 0.15) is 5.84 Å². The molecule has 4 rings (SSSR count). The minimum Gasteiger partial charge on any atom is -0.327 e. The Morgan fingerprint density at radius 2 is 1.86 bits per heavy atom. The molecule has 28 heavy (non-hydrogen) atoms. The summed E-state index contributed by atoms with van der Waals surface area (Å²) in [4.78, 5) is 23.2. The number of nitrogens with zero attached hydrogens (tertiary/aromatic N) is 3. The Labute approximate surface area is 172 Å². The molecule has 0 aromatic heterocycles. The molecule has 2 aromatic carbocycles. The average molecular weight is 408 g/mol. The van der Waals surface area contributed by atoms with Crippen LogP contribution in [-0.4, -0.2) is 22.5 Å². The van der Waals surface area contributed by atoms with Gasteiger partial charge in [-0.1, -0.05) is 59.6 Å². The lowest BCUT2D eigenvalue weighted by Gasteiger charge is -2.21. The first-order chi connectivity index (χ1) is 13.6. The Morgan fingerprint density at radius 3 is 2.68 bits per heavy atom. The molecule has 0 bridgehead atoms. The first kappa shape index (κ1) is 18.4. The quantitative estimate of drug-likeness (QED) is 0.642. The third kappa shape index (κ3) is 4.14. The van der Waals surface area contributed by atoms with Crippen molar-refractivity contribution in [2.45, 2.75) is 6.54 Å². The van der Waals surface area contributed by atoms with Crippen LogP contribution in [0.4, 0.5) is 0 Å². The number of amidine groups is 2. The Morgan fingerprint density at radius 1 is 1.07 bits per heavy atom. The number of amides is 1. The Balaban J connectivity index is 1.68. The lowest BCUT2D eigenvalue weighted by atomic mass is 10.1. The van der Waals surface area contributed by atoms with Crippen molar-refractivity contribution in [1.29, 1.82) is 0 Å². The largest absolute Gasteiger partial charge is 0.327 e. The van der Waals surface area contributed by atoms with Gasteiger partial charge in [0.15, 0.2) is 5.84 Å². The van der Waals surface area contributed by atoms with Crippen LogP contribution in [0.2, 0.25) is 5.02 Å². The Kier molecular flexibility index (Phi) is 5.24. The highest BCUT2D eigenvalue weighted by Crippen LogP contribution is 2.23. The summed E-state index contributed by atoms with van der Waals surface area (Å²) in [6.45, 7) is 0.601. The third-order valence-electron chi connectivity index (χ3n) is 4.29. The van der Waals surface area contributed by atoms with Crippen LogP contribution in [-0.2, 0) is 11.3 Å². The van der Waals surface area contributed by atoms with Gasteiger partial charge in [-0.15, -0.1) is 0 Å². The van der Waals surface area contributed by atoms with Crippen LogP contribution >= 0.6 is 23.2 Å². The first-order valence-corrected chi connectivity index (χ1v) is 9.39. The number of benzene rings is 2. The second kappa shape index (κ2) is 7.97. The molecule has 0 saturated heterocycles. The van der Waals surface area contributed by atoms with Crippen LogP contribution < -0.4 is 0 Å². The van der Waals surface area contributed by atoms with Crippen molar-refractivity contribution in [1.82, 2.24) is 4.90 Å². The van der Waals surface area contributed by atoms with E-state index in [1.807, 2.05) is 53.6 Å². The molecule has 1 amide bonds. The van der Waals surface area contributed by atoms with Gasteiger partial charge in [-0.2, -0.15) is 4.99 Å². The summed E-state index contributed by atoms with van der Waals surface area (Å²) in [6, 6.07) is 15.0. The molecule has 6 heteroatoms. The van der Waals surface area contributed by atoms with E-state index < -0.39 is 0 Å². The second-order valence-corrected chi connectivity index (χ2v) is 7.13. The minimum absolute atomic E-state index is 0.383. The molecule has 0 aliphatic carbocycles. The highest BCUT2D eigenvalue weighted by Gasteiger charge is 2.21. The maximum atomic E-state index is 12.5. The highest BCUT2D eigenvalue weighted by molar-refractivity contribution is 6.32. The lowest BCUT2D eigenvalue weighted by Crippen LogP contribution is -2.25. The van der Waals surface area contributed by atoms with Crippen molar-refractivity contribution in [3.05, 3.63) is 99.7 Å². The summed E-state index contributed by atoms with van der Waals surface area (Å²) < 4.78 is 0. The topological polar surface area (TPSA) is 45.0 Å². The lowest BCUT2D eigenvalue weighted by molar-refractivity contribution is -0.113. The summed E-state index contributed by atoms with van der Waals surface area (Å²) in [6.07, 6.45) is 8.54. The van der Waals surface area contributed by atoms with Crippen LogP contribution in [0.25, 0.3) is 6.08 Å². The summed E-state index contributed by atoms with van der Waals surface area (Å²) in [5, 5.41) is 1.27. The third-order valence-corrected chi connectivity index (χ3v) is 4.76. The number of carbonyl (C=O) groups excluding carboxylic acids is 1. The van der Waals surface area contributed by atoms with Crippen molar-refractivity contribution < 1.29 is 4.79 Å². The molecular weight excluding hydrogens is 393 g/mol. The van der Waals surface area contributed by atoms with Gasteiger partial charge in [0, 0.05) is 29.4 Å². The molecule has 0 fully saturated rings. The van der Waals surface area contributed by atoms with Gasteiger partial charge < -0.3 is 4.90 Å². The molecule has 0 N–H and O–H groups in total. The first-order valence-electron chi connectivity index (χ1n) is 8.64. The summed E-state index contributed by atoms with van der Waals surface area (Å²) >= 11 is 12.0. The molecule has 2 aromatic rings. The fourth-order valence-corrected chi connectivity index (χ4v) is 3.24. The number of hydrogen-bond acceptors (Lipinski definition) is 2. The zero-order valence-corrected chi connectivity index (χ0v) is 16.2. The summed E-state index contributed by atoms with van der Waals surface area (Å²) in [5.74, 6) is 0.690. The van der Waals surface area contributed by atoms with E-state index in [0.29, 0.717) is 28.3 Å². The number of hydrogen-bond donors (Lipinski definition) is 0. The number of allylic oxidation sites excluding steroid dienone is 2. The number of aliphatic imine (C=N–C) groups is 2. The molecule has 0 spiro atoms. The van der Waals surface area contributed by atoms with E-state index in [2.05, 4.69) is 9.98 Å². The maximum absolute atomic E-state index is 12.5. The zero-order valence-electron chi connectivity index (χ0n) is 14.7. The van der Waals surface area contributed by atoms with Crippen LogP contribution in [0.5, 0.6) is 0 Å². The van der Waals surface area contributed by atoms with E-state index in [1.165, 1.54) is 6.08 Å². The van der Waals surface area contributed by atoms with Crippen LogP contribution in [0, 0.1) is 0 Å². The number of halogens is 2. The Hall–Kier alpha value is -2.95. The number of carbonyl (C=O) groups is 1. The van der Waals surface area contributed by atoms with Gasteiger partial charge in [-0.25, -0.2) is 4.99 Å². The molecule has 0 saturated carbocycles. The van der Waals surface area contributed by atoms with E-state index >= 15 is 0 Å². The molecule has 4 nitrogen and oxygen atoms in total. The zero-order chi connectivity index (χ0) is 19.5. The van der Waals surface area contributed by atoms with Gasteiger partial charge in [0.2, 0.25) is 0 Å². The highest BCUT2D eigenvalue weighted by atomic mass is 35.5. The van der Waals surface area contributed by atoms with Crippen LogP contribution in [0.1, 0.15) is 16.7 Å². The molecule has 0 atom stereocenters. The van der Waals surface area contributed by atoms with E-state index in [9.17, 15) is 4.79 Å². The molecule has 138 valence electrons. The van der Waals surface area contributed by atoms with E-state index in [1.54, 1.807) is 24.3 Å². The van der Waals surface area contributed by atoms with Gasteiger partial charge in [-0.05, 0) is 41.5 Å². The fraction of sp³-hybridized carbons (Fsp3) is 0.0455. The van der Waals surface area contributed by atoms with E-state index in [4.69, 9.17) is 23.2 Å². The fourth-order valence-electron chi connectivity index (χ4n) is 2.93. The molecule has 2 aliphatic rings. The van der Waals surface area contributed by atoms with Crippen molar-refractivity contribution in [3.63, 3.8) is 0 Å². The molecule has 2 heterocycles. The van der Waals surface area contributed by atoms with Gasteiger partial charge >= 0.3 is 0 Å². The van der Waals surface area contributed by atoms with Crippen molar-refractivity contribution in [3.8, 4) is 0 Å². The second-order valence-electron chi connectivity index (χ2n) is 6.26. The SMILES string of the molecule is O=C(C=Cc1ccc(Cl)cc1)N=C1N=C2C=CC(Cl)=CN2Cc2ccccc21.